The van der Waals surface area contributed by atoms with Gasteiger partial charge in [0, 0.05) is 17.5 Å². The van der Waals surface area contributed by atoms with Gasteiger partial charge in [-0.1, -0.05) is 11.8 Å². The van der Waals surface area contributed by atoms with Crippen LogP contribution in [0.5, 0.6) is 0 Å². The summed E-state index contributed by atoms with van der Waals surface area (Å²) in [6.07, 6.45) is 1.78. The molecule has 0 unspecified atom stereocenters. The SMILES string of the molecule is Cc1cc(C#CCC(N)=O)ccn1. The smallest absolute Gasteiger partial charge is 0.229 e. The highest BCUT2D eigenvalue weighted by molar-refractivity contribution is 5.76. The Morgan fingerprint density at radius 3 is 3.08 bits per heavy atom. The number of carbonyl (C=O) groups excluding carboxylic acids is 1. The molecule has 0 radical (unpaired) electrons. The van der Waals surface area contributed by atoms with Crippen molar-refractivity contribution in [2.24, 2.45) is 5.73 Å². The zero-order valence-corrected chi connectivity index (χ0v) is 7.37. The fourth-order valence-corrected chi connectivity index (χ4v) is 0.857. The second kappa shape index (κ2) is 4.27. The first kappa shape index (κ1) is 9.27. The van der Waals surface area contributed by atoms with Crippen molar-refractivity contribution in [2.45, 2.75) is 13.3 Å². The highest BCUT2D eigenvalue weighted by Gasteiger charge is 1.89. The molecule has 3 heteroatoms. The second-order valence-corrected chi connectivity index (χ2v) is 2.63. The van der Waals surface area contributed by atoms with Crippen molar-refractivity contribution in [1.29, 1.82) is 0 Å². The Morgan fingerprint density at radius 2 is 2.46 bits per heavy atom. The van der Waals surface area contributed by atoms with Crippen LogP contribution in [0.3, 0.4) is 0 Å². The molecule has 66 valence electrons. The Morgan fingerprint density at radius 1 is 1.69 bits per heavy atom. The van der Waals surface area contributed by atoms with Gasteiger partial charge in [0.2, 0.25) is 5.91 Å². The summed E-state index contributed by atoms with van der Waals surface area (Å²) in [5.41, 5.74) is 6.70. The molecule has 0 saturated carbocycles. The summed E-state index contributed by atoms with van der Waals surface area (Å²) in [6, 6.07) is 3.65. The summed E-state index contributed by atoms with van der Waals surface area (Å²) in [5, 5.41) is 0. The van der Waals surface area contributed by atoms with E-state index in [1.807, 2.05) is 13.0 Å². The van der Waals surface area contributed by atoms with Crippen molar-refractivity contribution < 1.29 is 4.79 Å². The molecule has 3 nitrogen and oxygen atoms in total. The van der Waals surface area contributed by atoms with E-state index >= 15 is 0 Å². The van der Waals surface area contributed by atoms with Crippen LogP contribution >= 0.6 is 0 Å². The van der Waals surface area contributed by atoms with Crippen molar-refractivity contribution in [3.8, 4) is 11.8 Å². The molecule has 0 aliphatic heterocycles. The summed E-state index contributed by atoms with van der Waals surface area (Å²) in [6.45, 7) is 1.89. The molecule has 0 aromatic carbocycles. The van der Waals surface area contributed by atoms with Crippen LogP contribution in [0.2, 0.25) is 0 Å². The number of hydrogen-bond donors (Lipinski definition) is 1. The number of carbonyl (C=O) groups is 1. The lowest BCUT2D eigenvalue weighted by atomic mass is 10.2. The summed E-state index contributed by atoms with van der Waals surface area (Å²) in [5.74, 6) is 5.10. The summed E-state index contributed by atoms with van der Waals surface area (Å²) in [4.78, 5) is 14.4. The molecule has 0 saturated heterocycles. The fraction of sp³-hybridized carbons (Fsp3) is 0.200. The molecule has 0 aliphatic carbocycles. The number of aryl methyl sites for hydroxylation is 1. The first-order valence-corrected chi connectivity index (χ1v) is 3.88. The van der Waals surface area contributed by atoms with Crippen LogP contribution in [0.25, 0.3) is 0 Å². The lowest BCUT2D eigenvalue weighted by Crippen LogP contribution is -2.08. The predicted octanol–water partition coefficient (Wildman–Crippen LogP) is 0.617. The lowest BCUT2D eigenvalue weighted by molar-refractivity contribution is -0.117. The van der Waals surface area contributed by atoms with Crippen LogP contribution in [0.4, 0.5) is 0 Å². The Labute approximate surface area is 77.0 Å². The number of pyridine rings is 1. The van der Waals surface area contributed by atoms with Crippen LogP contribution in [-0.4, -0.2) is 10.9 Å². The molecule has 1 aromatic rings. The second-order valence-electron chi connectivity index (χ2n) is 2.63. The number of primary amides is 1. The Hall–Kier alpha value is -1.82. The van der Waals surface area contributed by atoms with Gasteiger partial charge in [-0.15, -0.1) is 0 Å². The Bertz CT molecular complexity index is 374. The van der Waals surface area contributed by atoms with Gasteiger partial charge in [-0.2, -0.15) is 0 Å². The van der Waals surface area contributed by atoms with Crippen LogP contribution in [0.15, 0.2) is 18.3 Å². The summed E-state index contributed by atoms with van der Waals surface area (Å²) >= 11 is 0. The third kappa shape index (κ3) is 3.39. The zero-order valence-electron chi connectivity index (χ0n) is 7.37. The highest BCUT2D eigenvalue weighted by Crippen LogP contribution is 1.97. The first-order valence-electron chi connectivity index (χ1n) is 3.88. The highest BCUT2D eigenvalue weighted by atomic mass is 16.1. The molecule has 1 heterocycles. The van der Waals surface area contributed by atoms with E-state index in [1.54, 1.807) is 12.3 Å². The van der Waals surface area contributed by atoms with Crippen molar-refractivity contribution in [3.63, 3.8) is 0 Å². The standard InChI is InChI=1S/C10H10N2O/c1-8-7-9(5-6-12-8)3-2-4-10(11)13/h5-7H,4H2,1H3,(H2,11,13). The minimum Gasteiger partial charge on any atom is -0.369 e. The van der Waals surface area contributed by atoms with E-state index in [9.17, 15) is 4.79 Å². The summed E-state index contributed by atoms with van der Waals surface area (Å²) < 4.78 is 0. The molecule has 0 aliphatic rings. The molecule has 2 N–H and O–H groups in total. The van der Waals surface area contributed by atoms with Crippen LogP contribution < -0.4 is 5.73 Å². The molecule has 0 atom stereocenters. The van der Waals surface area contributed by atoms with Crippen molar-refractivity contribution in [3.05, 3.63) is 29.6 Å². The largest absolute Gasteiger partial charge is 0.369 e. The number of nitrogens with two attached hydrogens (primary N) is 1. The molecule has 0 spiro atoms. The van der Waals surface area contributed by atoms with E-state index in [2.05, 4.69) is 16.8 Å². The number of aromatic nitrogens is 1. The Kier molecular flexibility index (Phi) is 3.04. The third-order valence-corrected chi connectivity index (χ3v) is 1.39. The third-order valence-electron chi connectivity index (χ3n) is 1.39. The fourth-order valence-electron chi connectivity index (χ4n) is 0.857. The maximum absolute atomic E-state index is 10.4. The molecular formula is C10H10N2O. The molecule has 0 fully saturated rings. The van der Waals surface area contributed by atoms with Gasteiger partial charge >= 0.3 is 0 Å². The number of rotatable bonds is 1. The molecule has 1 aromatic heterocycles. The minimum atomic E-state index is -0.404. The maximum atomic E-state index is 10.4. The number of nitrogens with zero attached hydrogens (tertiary/aromatic N) is 1. The molecule has 1 amide bonds. The van der Waals surface area contributed by atoms with Crippen molar-refractivity contribution in [1.82, 2.24) is 4.98 Å². The average Bonchev–Trinajstić information content (AvgIpc) is 2.03. The van der Waals surface area contributed by atoms with E-state index in [4.69, 9.17) is 5.73 Å². The monoisotopic (exact) mass is 174 g/mol. The minimum absolute atomic E-state index is 0.0986. The van der Waals surface area contributed by atoms with Gasteiger partial charge in [-0.05, 0) is 19.1 Å². The lowest BCUT2D eigenvalue weighted by Gasteiger charge is -1.90. The van der Waals surface area contributed by atoms with E-state index in [-0.39, 0.29) is 6.42 Å². The van der Waals surface area contributed by atoms with E-state index < -0.39 is 5.91 Å². The molecule has 1 rings (SSSR count). The average molecular weight is 174 g/mol. The van der Waals surface area contributed by atoms with Gasteiger partial charge in [-0.3, -0.25) is 9.78 Å². The molecule has 0 bridgehead atoms. The van der Waals surface area contributed by atoms with Gasteiger partial charge in [0.1, 0.15) is 0 Å². The van der Waals surface area contributed by atoms with Gasteiger partial charge in [0.05, 0.1) is 6.42 Å². The number of amides is 1. The topological polar surface area (TPSA) is 56.0 Å². The van der Waals surface area contributed by atoms with Crippen molar-refractivity contribution >= 4 is 5.91 Å². The number of hydrogen-bond acceptors (Lipinski definition) is 2. The van der Waals surface area contributed by atoms with Gasteiger partial charge in [-0.25, -0.2) is 0 Å². The van der Waals surface area contributed by atoms with Crippen LogP contribution in [0.1, 0.15) is 17.7 Å². The predicted molar refractivity (Wildman–Crippen MR) is 49.7 cm³/mol. The van der Waals surface area contributed by atoms with E-state index in [0.717, 1.165) is 11.3 Å². The van der Waals surface area contributed by atoms with E-state index in [1.165, 1.54) is 0 Å². The maximum Gasteiger partial charge on any atom is 0.229 e. The van der Waals surface area contributed by atoms with Crippen LogP contribution in [0, 0.1) is 18.8 Å². The zero-order chi connectivity index (χ0) is 9.68. The molecular weight excluding hydrogens is 164 g/mol. The van der Waals surface area contributed by atoms with Gasteiger partial charge in [0.15, 0.2) is 0 Å². The van der Waals surface area contributed by atoms with Gasteiger partial charge in [0.25, 0.3) is 0 Å². The van der Waals surface area contributed by atoms with Crippen LogP contribution in [-0.2, 0) is 4.79 Å². The summed E-state index contributed by atoms with van der Waals surface area (Å²) in [7, 11) is 0. The Balaban J connectivity index is 2.72. The van der Waals surface area contributed by atoms with E-state index in [0.29, 0.717) is 0 Å². The molecule has 13 heavy (non-hydrogen) atoms. The first-order chi connectivity index (χ1) is 6.18. The van der Waals surface area contributed by atoms with Gasteiger partial charge < -0.3 is 5.73 Å². The normalized spacial score (nSPS) is 8.69. The quantitative estimate of drug-likeness (QED) is 0.634. The van der Waals surface area contributed by atoms with Crippen molar-refractivity contribution in [2.75, 3.05) is 0 Å².